The average molecular weight is 271 g/mol. The van der Waals surface area contributed by atoms with Crippen molar-refractivity contribution in [1.29, 1.82) is 0 Å². The number of rotatable bonds is 5. The molecule has 2 aromatic heterocycles. The van der Waals surface area contributed by atoms with Gasteiger partial charge in [-0.25, -0.2) is 4.98 Å². The number of methoxy groups -OCH3 is 1. The highest BCUT2D eigenvalue weighted by Crippen LogP contribution is 2.30. The fourth-order valence-corrected chi connectivity index (χ4v) is 2.80. The molecule has 92 valence electrons. The van der Waals surface area contributed by atoms with Crippen LogP contribution in [0.1, 0.15) is 10.7 Å². The molecule has 0 saturated carbocycles. The normalized spacial score (nSPS) is 11.0. The first-order valence-corrected chi connectivity index (χ1v) is 6.90. The number of nitrogens with zero attached hydrogens (tertiary/aromatic N) is 3. The molecule has 5 nitrogen and oxygen atoms in total. The quantitative estimate of drug-likeness (QED) is 0.615. The van der Waals surface area contributed by atoms with Gasteiger partial charge >= 0.3 is 0 Å². The highest BCUT2D eigenvalue weighted by atomic mass is 32.2. The molecule has 2 aromatic rings. The first-order valence-electron chi connectivity index (χ1n) is 5.10. The molecule has 0 fully saturated rings. The van der Waals surface area contributed by atoms with E-state index in [2.05, 4.69) is 15.2 Å². The Morgan fingerprint density at radius 1 is 1.35 bits per heavy atom. The zero-order valence-corrected chi connectivity index (χ0v) is 11.5. The number of ether oxygens (including phenoxy) is 1. The molecule has 2 heterocycles. The van der Waals surface area contributed by atoms with Crippen LogP contribution in [0.15, 0.2) is 9.64 Å². The van der Waals surface area contributed by atoms with Crippen molar-refractivity contribution in [2.24, 2.45) is 0 Å². The Balaban J connectivity index is 2.10. The van der Waals surface area contributed by atoms with Gasteiger partial charge in [0.2, 0.25) is 0 Å². The first-order chi connectivity index (χ1) is 8.20. The van der Waals surface area contributed by atoms with E-state index in [1.54, 1.807) is 18.4 Å². The van der Waals surface area contributed by atoms with E-state index in [1.807, 2.05) is 13.8 Å². The summed E-state index contributed by atoms with van der Waals surface area (Å²) < 4.78 is 10.5. The van der Waals surface area contributed by atoms with Gasteiger partial charge in [-0.2, -0.15) is 0 Å². The van der Waals surface area contributed by atoms with Crippen LogP contribution < -0.4 is 0 Å². The average Bonchev–Trinajstić information content (AvgIpc) is 2.86. The van der Waals surface area contributed by atoms with Gasteiger partial charge in [0.15, 0.2) is 0 Å². The first kappa shape index (κ1) is 12.5. The van der Waals surface area contributed by atoms with Crippen LogP contribution >= 0.6 is 23.1 Å². The van der Waals surface area contributed by atoms with Crippen molar-refractivity contribution in [3.8, 4) is 10.8 Å². The Hall–Kier alpha value is -0.920. The van der Waals surface area contributed by atoms with Crippen LogP contribution in [0.5, 0.6) is 0 Å². The molecule has 0 aliphatic heterocycles. The molecular formula is C10H13N3O2S2. The molecule has 0 atom stereocenters. The molecule has 0 bridgehead atoms. The Morgan fingerprint density at radius 2 is 2.18 bits per heavy atom. The summed E-state index contributed by atoms with van der Waals surface area (Å²) in [6.45, 7) is 4.58. The molecule has 2 rings (SSSR count). The van der Waals surface area contributed by atoms with Crippen LogP contribution in [-0.4, -0.2) is 34.7 Å². The van der Waals surface area contributed by atoms with Gasteiger partial charge in [-0.15, -0.1) is 21.5 Å². The maximum atomic E-state index is 5.57. The third kappa shape index (κ3) is 3.05. The lowest BCUT2D eigenvalue weighted by Crippen LogP contribution is -1.90. The molecule has 0 aromatic carbocycles. The van der Waals surface area contributed by atoms with Gasteiger partial charge in [-0.05, 0) is 13.8 Å². The molecule has 17 heavy (non-hydrogen) atoms. The molecule has 7 heteroatoms. The second-order valence-electron chi connectivity index (χ2n) is 3.36. The summed E-state index contributed by atoms with van der Waals surface area (Å²) in [5, 5.41) is 9.59. The number of hydrogen-bond acceptors (Lipinski definition) is 7. The summed E-state index contributed by atoms with van der Waals surface area (Å²) in [5.74, 6) is 1.35. The van der Waals surface area contributed by atoms with Crippen molar-refractivity contribution in [2.45, 2.75) is 19.1 Å². The summed E-state index contributed by atoms with van der Waals surface area (Å²) in [7, 11) is 1.67. The van der Waals surface area contributed by atoms with E-state index in [0.717, 1.165) is 21.3 Å². The lowest BCUT2D eigenvalue weighted by atomic mass is 10.4. The van der Waals surface area contributed by atoms with Gasteiger partial charge < -0.3 is 9.15 Å². The molecule has 0 aliphatic carbocycles. The monoisotopic (exact) mass is 271 g/mol. The van der Waals surface area contributed by atoms with Crippen molar-refractivity contribution in [3.05, 3.63) is 10.7 Å². The van der Waals surface area contributed by atoms with E-state index in [9.17, 15) is 0 Å². The van der Waals surface area contributed by atoms with Crippen molar-refractivity contribution < 1.29 is 9.15 Å². The zero-order chi connectivity index (χ0) is 12.3. The lowest BCUT2D eigenvalue weighted by Gasteiger charge is -1.93. The summed E-state index contributed by atoms with van der Waals surface area (Å²) in [6.07, 6.45) is 0. The molecule has 0 saturated heterocycles. The van der Waals surface area contributed by atoms with Gasteiger partial charge in [0, 0.05) is 12.9 Å². The Labute approximate surface area is 108 Å². The van der Waals surface area contributed by atoms with E-state index in [-0.39, 0.29) is 0 Å². The van der Waals surface area contributed by atoms with Crippen molar-refractivity contribution in [1.82, 2.24) is 15.2 Å². The minimum absolute atomic E-state index is 0.549. The van der Waals surface area contributed by atoms with Gasteiger partial charge in [-0.1, -0.05) is 11.8 Å². The SMILES string of the molecule is COCCSc1nnc(-c2sc(C)nc2C)o1. The Morgan fingerprint density at radius 3 is 2.82 bits per heavy atom. The highest BCUT2D eigenvalue weighted by molar-refractivity contribution is 7.99. The van der Waals surface area contributed by atoms with E-state index in [4.69, 9.17) is 9.15 Å². The van der Waals surface area contributed by atoms with Crippen LogP contribution in [0.4, 0.5) is 0 Å². The molecule has 0 spiro atoms. The van der Waals surface area contributed by atoms with E-state index < -0.39 is 0 Å². The number of thioether (sulfide) groups is 1. The maximum Gasteiger partial charge on any atom is 0.276 e. The van der Waals surface area contributed by atoms with E-state index >= 15 is 0 Å². The van der Waals surface area contributed by atoms with Crippen LogP contribution in [0.2, 0.25) is 0 Å². The van der Waals surface area contributed by atoms with Crippen LogP contribution in [0, 0.1) is 13.8 Å². The topological polar surface area (TPSA) is 61.0 Å². The molecule has 0 N–H and O–H groups in total. The standard InChI is InChI=1S/C10H13N3O2S2/c1-6-8(17-7(2)11-6)9-12-13-10(15-9)16-5-4-14-3/h4-5H2,1-3H3. The van der Waals surface area contributed by atoms with Gasteiger partial charge in [0.1, 0.15) is 4.88 Å². The van der Waals surface area contributed by atoms with Gasteiger partial charge in [0.25, 0.3) is 11.1 Å². The van der Waals surface area contributed by atoms with Gasteiger partial charge in [0.05, 0.1) is 17.3 Å². The Bertz CT molecular complexity index is 495. The molecule has 0 aliphatic rings. The largest absolute Gasteiger partial charge is 0.410 e. The smallest absolute Gasteiger partial charge is 0.276 e. The second kappa shape index (κ2) is 5.61. The maximum absolute atomic E-state index is 5.57. The van der Waals surface area contributed by atoms with Crippen LogP contribution in [0.3, 0.4) is 0 Å². The second-order valence-corrected chi connectivity index (χ2v) is 5.61. The summed E-state index contributed by atoms with van der Waals surface area (Å²) in [5.41, 5.74) is 0.935. The van der Waals surface area contributed by atoms with E-state index in [0.29, 0.717) is 17.7 Å². The summed E-state index contributed by atoms with van der Waals surface area (Å²) in [6, 6.07) is 0. The van der Waals surface area contributed by atoms with Gasteiger partial charge in [-0.3, -0.25) is 0 Å². The molecule has 0 unspecified atom stereocenters. The highest BCUT2D eigenvalue weighted by Gasteiger charge is 2.14. The fourth-order valence-electron chi connectivity index (χ4n) is 1.30. The summed E-state index contributed by atoms with van der Waals surface area (Å²) in [4.78, 5) is 5.29. The third-order valence-corrected chi connectivity index (χ3v) is 3.86. The lowest BCUT2D eigenvalue weighted by molar-refractivity contribution is 0.218. The predicted octanol–water partition coefficient (Wildman–Crippen LogP) is 2.55. The zero-order valence-electron chi connectivity index (χ0n) is 9.89. The number of aromatic nitrogens is 3. The van der Waals surface area contributed by atoms with Crippen molar-refractivity contribution in [2.75, 3.05) is 19.5 Å². The fraction of sp³-hybridized carbons (Fsp3) is 0.500. The Kier molecular flexibility index (Phi) is 4.14. The minimum Gasteiger partial charge on any atom is -0.410 e. The molecular weight excluding hydrogens is 258 g/mol. The number of thiazole rings is 1. The minimum atomic E-state index is 0.549. The third-order valence-electron chi connectivity index (χ3n) is 2.02. The summed E-state index contributed by atoms with van der Waals surface area (Å²) >= 11 is 3.06. The predicted molar refractivity (Wildman–Crippen MR) is 67.5 cm³/mol. The van der Waals surface area contributed by atoms with E-state index in [1.165, 1.54) is 11.8 Å². The number of aryl methyl sites for hydroxylation is 2. The number of hydrogen-bond donors (Lipinski definition) is 0. The van der Waals surface area contributed by atoms with Crippen LogP contribution in [-0.2, 0) is 4.74 Å². The van der Waals surface area contributed by atoms with Crippen molar-refractivity contribution >= 4 is 23.1 Å². The molecule has 0 amide bonds. The van der Waals surface area contributed by atoms with Crippen molar-refractivity contribution in [3.63, 3.8) is 0 Å². The van der Waals surface area contributed by atoms with Crippen LogP contribution in [0.25, 0.3) is 10.8 Å². The molecule has 0 radical (unpaired) electrons.